The van der Waals surface area contributed by atoms with Gasteiger partial charge in [0.25, 0.3) is 0 Å². The normalized spacial score (nSPS) is 11.3. The number of aliphatic hydroxyl groups is 1. The molecule has 0 radical (unpaired) electrons. The van der Waals surface area contributed by atoms with E-state index in [4.69, 9.17) is 11.6 Å². The molecule has 4 nitrogen and oxygen atoms in total. The number of hydrogen-bond donors (Lipinski definition) is 1. The molecule has 104 valence electrons. The van der Waals surface area contributed by atoms with E-state index >= 15 is 0 Å². The zero-order valence-electron chi connectivity index (χ0n) is 11.3. The molecule has 1 N–H and O–H groups in total. The van der Waals surface area contributed by atoms with E-state index in [0.717, 1.165) is 28.7 Å². The first-order valence-electron chi connectivity index (χ1n) is 6.60. The van der Waals surface area contributed by atoms with Crippen molar-refractivity contribution in [3.8, 4) is 0 Å². The Labute approximate surface area is 122 Å². The molecule has 2 heterocycles. The Kier molecular flexibility index (Phi) is 3.51. The van der Waals surface area contributed by atoms with Gasteiger partial charge in [-0.25, -0.2) is 4.98 Å². The number of benzene rings is 1. The van der Waals surface area contributed by atoms with Crippen molar-refractivity contribution in [2.75, 3.05) is 0 Å². The Hall–Kier alpha value is -1.78. The molecule has 1 aromatic carbocycles. The average molecular weight is 290 g/mol. The molecule has 0 saturated carbocycles. The summed E-state index contributed by atoms with van der Waals surface area (Å²) < 4.78 is 4.21. The van der Waals surface area contributed by atoms with Crippen molar-refractivity contribution in [1.29, 1.82) is 0 Å². The topological polar surface area (TPSA) is 43.0 Å². The highest BCUT2D eigenvalue weighted by Crippen LogP contribution is 2.25. The highest BCUT2D eigenvalue weighted by Gasteiger charge is 2.10. The standard InChI is InChI=1S/C15H16ClN3O/c1-2-18-10-17-6-13(18)8-19-7-11(9-20)14-4-3-12(16)5-15(14)19/h3-7,10,20H,2,8-9H2,1H3. The minimum atomic E-state index is 0.0260. The fourth-order valence-corrected chi connectivity index (χ4v) is 2.70. The van der Waals surface area contributed by atoms with Crippen LogP contribution in [0, 0.1) is 0 Å². The highest BCUT2D eigenvalue weighted by atomic mass is 35.5. The van der Waals surface area contributed by atoms with Crippen LogP contribution in [0.3, 0.4) is 0 Å². The summed E-state index contributed by atoms with van der Waals surface area (Å²) in [6, 6.07) is 5.74. The Morgan fingerprint density at radius 3 is 2.90 bits per heavy atom. The summed E-state index contributed by atoms with van der Waals surface area (Å²) in [4.78, 5) is 4.19. The number of nitrogens with zero attached hydrogens (tertiary/aromatic N) is 3. The van der Waals surface area contributed by atoms with Crippen molar-refractivity contribution >= 4 is 22.5 Å². The van der Waals surface area contributed by atoms with Gasteiger partial charge in [0.1, 0.15) is 0 Å². The van der Waals surface area contributed by atoms with E-state index < -0.39 is 0 Å². The molecule has 0 saturated heterocycles. The van der Waals surface area contributed by atoms with Crippen LogP contribution in [-0.4, -0.2) is 19.2 Å². The van der Waals surface area contributed by atoms with Crippen LogP contribution in [-0.2, 0) is 19.7 Å². The molecular formula is C15H16ClN3O. The number of fused-ring (bicyclic) bond motifs is 1. The molecule has 20 heavy (non-hydrogen) atoms. The van der Waals surface area contributed by atoms with E-state index in [0.29, 0.717) is 11.6 Å². The van der Waals surface area contributed by atoms with E-state index in [9.17, 15) is 5.11 Å². The van der Waals surface area contributed by atoms with Crippen LogP contribution >= 0.6 is 11.6 Å². The third kappa shape index (κ3) is 2.21. The first kappa shape index (κ1) is 13.2. The first-order valence-corrected chi connectivity index (χ1v) is 6.98. The summed E-state index contributed by atoms with van der Waals surface area (Å²) in [7, 11) is 0. The van der Waals surface area contributed by atoms with Crippen molar-refractivity contribution in [3.63, 3.8) is 0 Å². The van der Waals surface area contributed by atoms with Gasteiger partial charge in [-0.1, -0.05) is 17.7 Å². The van der Waals surface area contributed by atoms with Gasteiger partial charge in [0.2, 0.25) is 0 Å². The lowest BCUT2D eigenvalue weighted by atomic mass is 10.2. The minimum Gasteiger partial charge on any atom is -0.392 e. The zero-order chi connectivity index (χ0) is 14.1. The van der Waals surface area contributed by atoms with Crippen LogP contribution in [0.1, 0.15) is 18.2 Å². The minimum absolute atomic E-state index is 0.0260. The smallest absolute Gasteiger partial charge is 0.0948 e. The van der Waals surface area contributed by atoms with Gasteiger partial charge in [0, 0.05) is 34.9 Å². The molecule has 0 spiro atoms. The highest BCUT2D eigenvalue weighted by molar-refractivity contribution is 6.31. The Morgan fingerprint density at radius 2 is 2.15 bits per heavy atom. The van der Waals surface area contributed by atoms with Crippen LogP contribution in [0.15, 0.2) is 36.9 Å². The van der Waals surface area contributed by atoms with E-state index in [-0.39, 0.29) is 6.61 Å². The van der Waals surface area contributed by atoms with Gasteiger partial charge in [-0.15, -0.1) is 0 Å². The predicted molar refractivity (Wildman–Crippen MR) is 79.9 cm³/mol. The van der Waals surface area contributed by atoms with E-state index in [1.165, 1.54) is 0 Å². The molecule has 0 atom stereocenters. The van der Waals surface area contributed by atoms with Crippen molar-refractivity contribution in [2.24, 2.45) is 0 Å². The Bertz CT molecular complexity index is 745. The summed E-state index contributed by atoms with van der Waals surface area (Å²) in [5.74, 6) is 0. The van der Waals surface area contributed by atoms with Crippen LogP contribution in [0.4, 0.5) is 0 Å². The Balaban J connectivity index is 2.09. The third-order valence-corrected chi connectivity index (χ3v) is 3.80. The lowest BCUT2D eigenvalue weighted by Crippen LogP contribution is -2.05. The molecule has 0 aliphatic heterocycles. The van der Waals surface area contributed by atoms with E-state index in [1.807, 2.05) is 36.9 Å². The van der Waals surface area contributed by atoms with Gasteiger partial charge in [-0.2, -0.15) is 0 Å². The monoisotopic (exact) mass is 289 g/mol. The number of hydrogen-bond acceptors (Lipinski definition) is 2. The number of aryl methyl sites for hydroxylation is 1. The molecule has 0 fully saturated rings. The number of halogens is 1. The molecule has 3 aromatic rings. The molecule has 0 bridgehead atoms. The van der Waals surface area contributed by atoms with Crippen LogP contribution in [0.25, 0.3) is 10.9 Å². The maximum Gasteiger partial charge on any atom is 0.0948 e. The van der Waals surface area contributed by atoms with Crippen molar-refractivity contribution < 1.29 is 5.11 Å². The summed E-state index contributed by atoms with van der Waals surface area (Å²) in [6.07, 6.45) is 5.69. The molecular weight excluding hydrogens is 274 g/mol. The summed E-state index contributed by atoms with van der Waals surface area (Å²) in [5.41, 5.74) is 3.08. The molecule has 2 aromatic heterocycles. The number of aliphatic hydroxyl groups excluding tert-OH is 1. The third-order valence-electron chi connectivity index (χ3n) is 3.57. The maximum atomic E-state index is 9.48. The predicted octanol–water partition coefficient (Wildman–Crippen LogP) is 3.05. The zero-order valence-corrected chi connectivity index (χ0v) is 12.0. The molecule has 0 unspecified atom stereocenters. The van der Waals surface area contributed by atoms with Gasteiger partial charge in [0.15, 0.2) is 0 Å². The molecule has 3 rings (SSSR count). The lowest BCUT2D eigenvalue weighted by molar-refractivity contribution is 0.283. The Morgan fingerprint density at radius 1 is 1.30 bits per heavy atom. The number of rotatable bonds is 4. The molecule has 0 aliphatic carbocycles. The maximum absolute atomic E-state index is 9.48. The van der Waals surface area contributed by atoms with Gasteiger partial charge < -0.3 is 14.2 Å². The summed E-state index contributed by atoms with van der Waals surface area (Å²) in [5, 5.41) is 11.2. The van der Waals surface area contributed by atoms with Gasteiger partial charge in [0.05, 0.1) is 30.7 Å². The molecule has 0 aliphatic rings. The fraction of sp³-hybridized carbons (Fsp3) is 0.267. The van der Waals surface area contributed by atoms with E-state index in [1.54, 1.807) is 0 Å². The van der Waals surface area contributed by atoms with Crippen LogP contribution in [0.5, 0.6) is 0 Å². The number of imidazole rings is 1. The van der Waals surface area contributed by atoms with Crippen molar-refractivity contribution in [2.45, 2.75) is 26.6 Å². The second-order valence-corrected chi connectivity index (χ2v) is 5.21. The lowest BCUT2D eigenvalue weighted by Gasteiger charge is -2.08. The van der Waals surface area contributed by atoms with Crippen LogP contribution in [0.2, 0.25) is 5.02 Å². The second-order valence-electron chi connectivity index (χ2n) is 4.77. The SMILES string of the molecule is CCn1cncc1Cn1cc(CO)c2ccc(Cl)cc21. The first-order chi connectivity index (χ1) is 9.72. The molecule has 5 heteroatoms. The molecule has 0 amide bonds. The largest absolute Gasteiger partial charge is 0.392 e. The average Bonchev–Trinajstić information content (AvgIpc) is 3.03. The van der Waals surface area contributed by atoms with Crippen LogP contribution < -0.4 is 0 Å². The van der Waals surface area contributed by atoms with E-state index in [2.05, 4.69) is 21.0 Å². The van der Waals surface area contributed by atoms with Gasteiger partial charge in [-0.3, -0.25) is 0 Å². The van der Waals surface area contributed by atoms with Gasteiger partial charge in [-0.05, 0) is 19.1 Å². The summed E-state index contributed by atoms with van der Waals surface area (Å²) in [6.45, 7) is 3.72. The number of aromatic nitrogens is 3. The fourth-order valence-electron chi connectivity index (χ4n) is 2.54. The van der Waals surface area contributed by atoms with Gasteiger partial charge >= 0.3 is 0 Å². The quantitative estimate of drug-likeness (QED) is 0.802. The second kappa shape index (κ2) is 5.31. The summed E-state index contributed by atoms with van der Waals surface area (Å²) >= 11 is 6.09. The van der Waals surface area contributed by atoms with Crippen molar-refractivity contribution in [1.82, 2.24) is 14.1 Å². The van der Waals surface area contributed by atoms with Crippen molar-refractivity contribution in [3.05, 3.63) is 53.2 Å².